The number of piperidine rings is 1. The topological polar surface area (TPSA) is 53.5 Å². The molecule has 1 aromatic rings. The van der Waals surface area contributed by atoms with Crippen LogP contribution in [0.15, 0.2) is 24.4 Å². The summed E-state index contributed by atoms with van der Waals surface area (Å²) in [5.74, 6) is 0.971. The largest absolute Gasteiger partial charge is 0.342 e. The molecule has 2 aliphatic rings. The van der Waals surface area contributed by atoms with Gasteiger partial charge in [-0.1, -0.05) is 32.3 Å². The Hall–Kier alpha value is -1.91. The summed E-state index contributed by atoms with van der Waals surface area (Å²) in [5, 5.41) is 0. The third-order valence-corrected chi connectivity index (χ3v) is 5.94. The van der Waals surface area contributed by atoms with Gasteiger partial charge in [-0.3, -0.25) is 14.6 Å². The van der Waals surface area contributed by atoms with E-state index in [1.54, 1.807) is 6.20 Å². The van der Waals surface area contributed by atoms with Gasteiger partial charge in [0.25, 0.3) is 0 Å². The van der Waals surface area contributed by atoms with E-state index in [-0.39, 0.29) is 17.7 Å². The van der Waals surface area contributed by atoms with Crippen molar-refractivity contribution in [2.24, 2.45) is 11.8 Å². The van der Waals surface area contributed by atoms with E-state index >= 15 is 0 Å². The molecule has 2 heterocycles. The van der Waals surface area contributed by atoms with E-state index < -0.39 is 0 Å². The van der Waals surface area contributed by atoms with Gasteiger partial charge in [-0.25, -0.2) is 0 Å². The second-order valence-electron chi connectivity index (χ2n) is 8.12. The Morgan fingerprint density at radius 3 is 2.74 bits per heavy atom. The van der Waals surface area contributed by atoms with Crippen LogP contribution in [0.1, 0.15) is 64.0 Å². The molecular formula is C22H33N3O2. The minimum Gasteiger partial charge on any atom is -0.342 e. The summed E-state index contributed by atoms with van der Waals surface area (Å²) in [5.41, 5.74) is 0.922. The van der Waals surface area contributed by atoms with Gasteiger partial charge >= 0.3 is 0 Å². The van der Waals surface area contributed by atoms with Crippen molar-refractivity contribution in [3.63, 3.8) is 0 Å². The summed E-state index contributed by atoms with van der Waals surface area (Å²) in [7, 11) is 0. The van der Waals surface area contributed by atoms with Crippen molar-refractivity contribution in [1.29, 1.82) is 0 Å². The van der Waals surface area contributed by atoms with Crippen molar-refractivity contribution < 1.29 is 9.59 Å². The number of nitrogens with zero attached hydrogens (tertiary/aromatic N) is 3. The normalized spacial score (nSPS) is 21.3. The SMILES string of the molecule is CCCN(Cc1ccccn1)C(=O)[C@H]1CCC(=O)N(CC2CCCCC2)C1. The zero-order chi connectivity index (χ0) is 19.1. The van der Waals surface area contributed by atoms with Crippen LogP contribution < -0.4 is 0 Å². The standard InChI is InChI=1S/C22H33N3O2/c1-2-14-24(17-20-10-6-7-13-23-20)22(27)19-11-12-21(26)25(16-19)15-18-8-4-3-5-9-18/h6-7,10,13,18-19H,2-5,8-9,11-12,14-17H2,1H3/t19-/m0/s1. The molecule has 1 aromatic heterocycles. The van der Waals surface area contributed by atoms with E-state index in [2.05, 4.69) is 11.9 Å². The van der Waals surface area contributed by atoms with Crippen LogP contribution >= 0.6 is 0 Å². The highest BCUT2D eigenvalue weighted by Gasteiger charge is 2.33. The molecule has 0 bridgehead atoms. The first-order valence-corrected chi connectivity index (χ1v) is 10.6. The van der Waals surface area contributed by atoms with E-state index in [0.29, 0.717) is 31.8 Å². The summed E-state index contributed by atoms with van der Waals surface area (Å²) >= 11 is 0. The molecule has 0 N–H and O–H groups in total. The van der Waals surface area contributed by atoms with Crippen LogP contribution in [-0.2, 0) is 16.1 Å². The number of pyridine rings is 1. The highest BCUT2D eigenvalue weighted by Crippen LogP contribution is 2.27. The Morgan fingerprint density at radius 2 is 2.04 bits per heavy atom. The number of hydrogen-bond donors (Lipinski definition) is 0. The van der Waals surface area contributed by atoms with E-state index in [0.717, 1.165) is 25.2 Å². The molecule has 0 spiro atoms. The third-order valence-electron chi connectivity index (χ3n) is 5.94. The monoisotopic (exact) mass is 371 g/mol. The molecule has 5 nitrogen and oxygen atoms in total. The molecule has 5 heteroatoms. The zero-order valence-electron chi connectivity index (χ0n) is 16.6. The number of likely N-dealkylation sites (tertiary alicyclic amines) is 1. The van der Waals surface area contributed by atoms with E-state index in [1.165, 1.54) is 32.1 Å². The van der Waals surface area contributed by atoms with E-state index in [4.69, 9.17) is 0 Å². The highest BCUT2D eigenvalue weighted by molar-refractivity contribution is 5.83. The van der Waals surface area contributed by atoms with Crippen LogP contribution in [0.5, 0.6) is 0 Å². The second-order valence-corrected chi connectivity index (χ2v) is 8.12. The van der Waals surface area contributed by atoms with Gasteiger partial charge in [0.15, 0.2) is 0 Å². The zero-order valence-corrected chi connectivity index (χ0v) is 16.6. The molecular weight excluding hydrogens is 338 g/mol. The third kappa shape index (κ3) is 5.53. The number of rotatable bonds is 7. The van der Waals surface area contributed by atoms with Crippen LogP contribution in [0.2, 0.25) is 0 Å². The van der Waals surface area contributed by atoms with Crippen LogP contribution in [0.4, 0.5) is 0 Å². The van der Waals surface area contributed by atoms with Crippen molar-refractivity contribution in [2.45, 2.75) is 64.8 Å². The molecule has 0 aromatic carbocycles. The van der Waals surface area contributed by atoms with Crippen LogP contribution in [0.3, 0.4) is 0 Å². The van der Waals surface area contributed by atoms with Crippen molar-refractivity contribution in [3.8, 4) is 0 Å². The Kier molecular flexibility index (Phi) is 7.25. The number of hydrogen-bond acceptors (Lipinski definition) is 3. The summed E-state index contributed by atoms with van der Waals surface area (Å²) in [6.45, 7) is 4.83. The molecule has 0 radical (unpaired) electrons. The van der Waals surface area contributed by atoms with Gasteiger partial charge in [0.05, 0.1) is 18.2 Å². The molecule has 1 aliphatic heterocycles. The Bertz CT molecular complexity index is 613. The molecule has 27 heavy (non-hydrogen) atoms. The lowest BCUT2D eigenvalue weighted by Crippen LogP contribution is -2.48. The lowest BCUT2D eigenvalue weighted by atomic mass is 9.87. The first-order chi connectivity index (χ1) is 13.2. The smallest absolute Gasteiger partial charge is 0.227 e. The Balaban J connectivity index is 1.61. The summed E-state index contributed by atoms with van der Waals surface area (Å²) in [6.07, 6.45) is 10.2. The van der Waals surface area contributed by atoms with Gasteiger partial charge < -0.3 is 9.80 Å². The number of carbonyl (C=O) groups excluding carboxylic acids is 2. The molecule has 1 saturated carbocycles. The molecule has 148 valence electrons. The molecule has 3 rings (SSSR count). The average Bonchev–Trinajstić information content (AvgIpc) is 2.70. The maximum atomic E-state index is 13.2. The first-order valence-electron chi connectivity index (χ1n) is 10.6. The minimum absolute atomic E-state index is 0.0680. The lowest BCUT2D eigenvalue weighted by Gasteiger charge is -2.37. The fourth-order valence-electron chi connectivity index (χ4n) is 4.46. The van der Waals surface area contributed by atoms with Gasteiger partial charge in [-0.15, -0.1) is 0 Å². The maximum Gasteiger partial charge on any atom is 0.227 e. The molecule has 2 amide bonds. The van der Waals surface area contributed by atoms with Gasteiger partial charge in [-0.2, -0.15) is 0 Å². The molecule has 1 saturated heterocycles. The van der Waals surface area contributed by atoms with Crippen molar-refractivity contribution in [3.05, 3.63) is 30.1 Å². The van der Waals surface area contributed by atoms with Crippen LogP contribution in [0, 0.1) is 11.8 Å². The Labute approximate surface area is 163 Å². The van der Waals surface area contributed by atoms with Crippen LogP contribution in [0.25, 0.3) is 0 Å². The predicted octanol–water partition coefficient (Wildman–Crippen LogP) is 3.64. The van der Waals surface area contributed by atoms with Crippen molar-refractivity contribution in [2.75, 3.05) is 19.6 Å². The van der Waals surface area contributed by atoms with E-state index in [1.807, 2.05) is 28.0 Å². The molecule has 2 fully saturated rings. The highest BCUT2D eigenvalue weighted by atomic mass is 16.2. The first kappa shape index (κ1) is 19.8. The van der Waals surface area contributed by atoms with E-state index in [9.17, 15) is 9.59 Å². The summed E-state index contributed by atoms with van der Waals surface area (Å²) < 4.78 is 0. The minimum atomic E-state index is -0.0680. The fourth-order valence-corrected chi connectivity index (χ4v) is 4.46. The average molecular weight is 372 g/mol. The van der Waals surface area contributed by atoms with Gasteiger partial charge in [0.1, 0.15) is 0 Å². The number of carbonyl (C=O) groups is 2. The summed E-state index contributed by atoms with van der Waals surface area (Å²) in [6, 6.07) is 5.82. The molecule has 1 aliphatic carbocycles. The molecule has 0 unspecified atom stereocenters. The van der Waals surface area contributed by atoms with Gasteiger partial charge in [0, 0.05) is 32.3 Å². The fraction of sp³-hybridized carbons (Fsp3) is 0.682. The predicted molar refractivity (Wildman–Crippen MR) is 106 cm³/mol. The maximum absolute atomic E-state index is 13.2. The van der Waals surface area contributed by atoms with Gasteiger partial charge in [0.2, 0.25) is 11.8 Å². The quantitative estimate of drug-likeness (QED) is 0.735. The Morgan fingerprint density at radius 1 is 1.22 bits per heavy atom. The molecule has 1 atom stereocenters. The lowest BCUT2D eigenvalue weighted by molar-refractivity contribution is -0.144. The van der Waals surface area contributed by atoms with Crippen molar-refractivity contribution >= 4 is 11.8 Å². The number of amides is 2. The van der Waals surface area contributed by atoms with Crippen LogP contribution in [-0.4, -0.2) is 46.2 Å². The van der Waals surface area contributed by atoms with Crippen molar-refractivity contribution in [1.82, 2.24) is 14.8 Å². The second kappa shape index (κ2) is 9.86. The van der Waals surface area contributed by atoms with Gasteiger partial charge in [-0.05, 0) is 43.7 Å². The summed E-state index contributed by atoms with van der Waals surface area (Å²) in [4.78, 5) is 33.9. The number of aromatic nitrogens is 1.